The van der Waals surface area contributed by atoms with Gasteiger partial charge in [-0.25, -0.2) is 19.1 Å². The van der Waals surface area contributed by atoms with Crippen LogP contribution in [-0.4, -0.2) is 40.6 Å². The molecule has 0 aliphatic carbocycles. The number of hydrogen-bond acceptors (Lipinski definition) is 5. The number of carbonyl (C=O) groups is 2. The molecule has 0 rings (SSSR count). The Kier molecular flexibility index (Phi) is 6.25. The van der Waals surface area contributed by atoms with Gasteiger partial charge in [0.2, 0.25) is 0 Å². The number of phosphoric acid groups is 1. The summed E-state index contributed by atoms with van der Waals surface area (Å²) in [7, 11) is -5.11. The van der Waals surface area contributed by atoms with E-state index in [4.69, 9.17) is 9.79 Å². The van der Waals surface area contributed by atoms with Gasteiger partial charge in [0, 0.05) is 4.53 Å². The normalized spacial score (nSPS) is 9.58. The Balaban J connectivity index is 0. The molecule has 0 heterocycles. The Morgan fingerprint density at radius 2 is 1.67 bits per heavy atom. The van der Waals surface area contributed by atoms with Crippen LogP contribution in [0.15, 0.2) is 0 Å². The Hall–Kier alpha value is -0.383. The third-order valence-electron chi connectivity index (χ3n) is 0.439. The van der Waals surface area contributed by atoms with E-state index in [1.807, 2.05) is 0 Å². The van der Waals surface area contributed by atoms with Crippen LogP contribution in [0.25, 0.3) is 0 Å². The van der Waals surface area contributed by atoms with Crippen LogP contribution in [0.4, 0.5) is 4.53 Å². The Bertz CT molecular complexity index is 221. The molecule has 66 valence electrons. The van der Waals surface area contributed by atoms with E-state index in [0.29, 0.717) is 0 Å². The zero-order valence-corrected chi connectivity index (χ0v) is 5.66. The van der Waals surface area contributed by atoms with Crippen LogP contribution in [0.1, 0.15) is 0 Å². The van der Waals surface area contributed by atoms with Gasteiger partial charge in [0.15, 0.2) is 0 Å². The molecular formula is C2H3FLiO7P. The van der Waals surface area contributed by atoms with Gasteiger partial charge >= 0.3 is 38.6 Å². The number of phosphoric ester groups is 1. The van der Waals surface area contributed by atoms with Crippen molar-refractivity contribution in [1.82, 2.24) is 0 Å². The molecule has 0 aliphatic heterocycles. The Morgan fingerprint density at radius 3 is 1.92 bits per heavy atom. The summed E-state index contributed by atoms with van der Waals surface area (Å²) >= 11 is 0. The van der Waals surface area contributed by atoms with Gasteiger partial charge < -0.3 is 4.52 Å². The Labute approximate surface area is 77.2 Å². The van der Waals surface area contributed by atoms with E-state index in [2.05, 4.69) is 9.47 Å². The molecule has 7 nitrogen and oxygen atoms in total. The topological polar surface area (TPSA) is 110 Å². The molecule has 0 atom stereocenters. The molecule has 2 N–H and O–H groups in total. The Morgan fingerprint density at radius 1 is 1.25 bits per heavy atom. The molecule has 0 saturated heterocycles. The minimum atomic E-state index is -5.11. The van der Waals surface area contributed by atoms with E-state index in [0.717, 1.165) is 0 Å². The van der Waals surface area contributed by atoms with E-state index in [9.17, 15) is 18.7 Å². The summed E-state index contributed by atoms with van der Waals surface area (Å²) in [6.45, 7) is 0. The molecule has 0 aromatic carbocycles. The summed E-state index contributed by atoms with van der Waals surface area (Å²) in [5.41, 5.74) is 0. The van der Waals surface area contributed by atoms with Gasteiger partial charge in [0.1, 0.15) is 0 Å². The maximum atomic E-state index is 10.8. The number of hydrogen-bond donors (Lipinski definition) is 2. The van der Waals surface area contributed by atoms with Gasteiger partial charge in [-0.2, -0.15) is 0 Å². The molecule has 0 spiro atoms. The zero-order valence-electron chi connectivity index (χ0n) is 4.76. The van der Waals surface area contributed by atoms with Crippen molar-refractivity contribution >= 4 is 38.6 Å². The van der Waals surface area contributed by atoms with E-state index in [1.165, 1.54) is 0 Å². The summed E-state index contributed by atoms with van der Waals surface area (Å²) in [5.74, 6) is -4.23. The van der Waals surface area contributed by atoms with Crippen LogP contribution in [-0.2, 0) is 23.6 Å². The maximum absolute atomic E-state index is 10.8. The number of rotatable bonds is 1. The number of halogens is 1. The molecule has 0 aromatic heterocycles. The third-order valence-corrected chi connectivity index (χ3v) is 0.842. The zero-order chi connectivity index (χ0) is 9.07. The van der Waals surface area contributed by atoms with Crippen LogP contribution in [0.3, 0.4) is 0 Å². The van der Waals surface area contributed by atoms with Crippen molar-refractivity contribution in [2.45, 2.75) is 0 Å². The molecule has 0 bridgehead atoms. The van der Waals surface area contributed by atoms with Crippen molar-refractivity contribution in [2.24, 2.45) is 0 Å². The summed E-state index contributed by atoms with van der Waals surface area (Å²) < 4.78 is 23.7. The molecule has 0 unspecified atom stereocenters. The van der Waals surface area contributed by atoms with Crippen LogP contribution in [0.2, 0.25) is 0 Å². The van der Waals surface area contributed by atoms with E-state index >= 15 is 0 Å². The van der Waals surface area contributed by atoms with E-state index in [1.54, 1.807) is 0 Å². The fourth-order valence-corrected chi connectivity index (χ4v) is 0.467. The second-order valence-corrected chi connectivity index (χ2v) is 2.40. The first-order valence-corrected chi connectivity index (χ1v) is 3.52. The molecule has 10 heteroatoms. The molecule has 0 aliphatic rings. The van der Waals surface area contributed by atoms with Gasteiger partial charge in [-0.15, -0.1) is 0 Å². The van der Waals surface area contributed by atoms with Crippen molar-refractivity contribution in [3.8, 4) is 0 Å². The first kappa shape index (κ1) is 14.2. The van der Waals surface area contributed by atoms with Crippen LogP contribution < -0.4 is 0 Å². The van der Waals surface area contributed by atoms with Crippen molar-refractivity contribution < 1.29 is 37.9 Å². The van der Waals surface area contributed by atoms with E-state index in [-0.39, 0.29) is 18.9 Å². The standard InChI is InChI=1S/C2H2FO7P.Li.H/c3-9-1(4)2(5)10-11(6,7)8;;/h(H2,6,7,8);;. The van der Waals surface area contributed by atoms with Gasteiger partial charge in [-0.1, -0.05) is 0 Å². The van der Waals surface area contributed by atoms with Crippen LogP contribution in [0.5, 0.6) is 0 Å². The van der Waals surface area contributed by atoms with Gasteiger partial charge in [0.05, 0.1) is 0 Å². The first-order valence-electron chi connectivity index (χ1n) is 1.99. The second kappa shape index (κ2) is 5.30. The molecular weight excluding hydrogens is 193 g/mol. The first-order chi connectivity index (χ1) is 4.87. The SMILES string of the molecule is O=C(OF)C(=O)OP(=O)(O)O.[LiH]. The molecule has 12 heavy (non-hydrogen) atoms. The van der Waals surface area contributed by atoms with E-state index < -0.39 is 19.8 Å². The fraction of sp³-hybridized carbons (Fsp3) is 0. The third kappa shape index (κ3) is 6.34. The molecule has 0 fully saturated rings. The van der Waals surface area contributed by atoms with Crippen molar-refractivity contribution in [1.29, 1.82) is 0 Å². The molecule has 0 radical (unpaired) electrons. The van der Waals surface area contributed by atoms with Gasteiger partial charge in [-0.3, -0.25) is 9.79 Å². The summed E-state index contributed by atoms with van der Waals surface area (Å²) in [5, 5.41) is 0. The predicted octanol–water partition coefficient (Wildman–Crippen LogP) is -1.60. The number of carbonyl (C=O) groups excluding carboxylic acids is 2. The van der Waals surface area contributed by atoms with Gasteiger partial charge in [-0.05, 0) is 0 Å². The average molecular weight is 196 g/mol. The molecule has 0 saturated carbocycles. The monoisotopic (exact) mass is 196 g/mol. The average Bonchev–Trinajstić information content (AvgIpc) is 1.82. The summed E-state index contributed by atoms with van der Waals surface area (Å²) in [4.78, 5) is 37.8. The van der Waals surface area contributed by atoms with Gasteiger partial charge in [0.25, 0.3) is 0 Å². The minimum absolute atomic E-state index is 0. The summed E-state index contributed by atoms with van der Waals surface area (Å²) in [6, 6.07) is 0. The molecule has 0 amide bonds. The van der Waals surface area contributed by atoms with Crippen molar-refractivity contribution in [3.63, 3.8) is 0 Å². The van der Waals surface area contributed by atoms with Crippen LogP contribution in [0, 0.1) is 0 Å². The second-order valence-electron chi connectivity index (χ2n) is 1.23. The fourth-order valence-electron chi connectivity index (χ4n) is 0.177. The van der Waals surface area contributed by atoms with Crippen molar-refractivity contribution in [2.75, 3.05) is 0 Å². The summed E-state index contributed by atoms with van der Waals surface area (Å²) in [6.07, 6.45) is 0. The van der Waals surface area contributed by atoms with Crippen molar-refractivity contribution in [3.05, 3.63) is 0 Å². The predicted molar refractivity (Wildman–Crippen MR) is 32.5 cm³/mol. The molecule has 0 aromatic rings. The quantitative estimate of drug-likeness (QED) is 0.295. The van der Waals surface area contributed by atoms with Crippen LogP contribution >= 0.6 is 7.82 Å².